The summed E-state index contributed by atoms with van der Waals surface area (Å²) in [6, 6.07) is 0. The van der Waals surface area contributed by atoms with Gasteiger partial charge in [0.1, 0.15) is 0 Å². The predicted octanol–water partition coefficient (Wildman–Crippen LogP) is -1.26. The second-order valence-corrected chi connectivity index (χ2v) is 2.88. The fraction of sp³-hybridized carbons (Fsp3) is 1.00. The van der Waals surface area contributed by atoms with E-state index in [1.54, 1.807) is 0 Å². The Hall–Kier alpha value is -0.0500. The van der Waals surface area contributed by atoms with E-state index < -0.39 is 11.3 Å². The van der Waals surface area contributed by atoms with Crippen LogP contribution in [0.1, 0.15) is 0 Å². The quantitative estimate of drug-likeness (QED) is 0.328. The Morgan fingerprint density at radius 1 is 1.15 bits per heavy atom. The molecule has 0 saturated carbocycles. The molecule has 0 aromatic heterocycles. The maximum absolute atomic E-state index is 10.1. The minimum atomic E-state index is -1.97. The summed E-state index contributed by atoms with van der Waals surface area (Å²) < 4.78 is 30.5. The summed E-state index contributed by atoms with van der Waals surface area (Å²) in [5.41, 5.74) is 0. The van der Waals surface area contributed by atoms with Crippen LogP contribution in [-0.4, -0.2) is 53.4 Å². The molecular weight excluding hydrogens is 198 g/mol. The Bertz CT molecular complexity index is 134. The number of aliphatic hydroxyl groups excluding tert-OH is 1. The van der Waals surface area contributed by atoms with Crippen molar-refractivity contribution in [2.45, 2.75) is 0 Å². The van der Waals surface area contributed by atoms with Crippen molar-refractivity contribution in [3.8, 4) is 0 Å². The van der Waals surface area contributed by atoms with E-state index in [1.807, 2.05) is 0 Å². The molecule has 0 aliphatic heterocycles. The number of nitrogens with one attached hydrogen (secondary N) is 1. The fourth-order valence-corrected chi connectivity index (χ4v) is 0.846. The van der Waals surface area contributed by atoms with Gasteiger partial charge in [-0.15, -0.1) is 0 Å². The number of hydrogen-bond donors (Lipinski definition) is 3. The number of rotatable bonds is 9. The van der Waals surface area contributed by atoms with E-state index in [4.69, 9.17) is 19.1 Å². The van der Waals surface area contributed by atoms with Gasteiger partial charge >= 0.3 is 0 Å². The summed E-state index contributed by atoms with van der Waals surface area (Å²) in [6.45, 7) is 1.83. The third kappa shape index (κ3) is 12.0. The Balaban J connectivity index is 2.87. The van der Waals surface area contributed by atoms with E-state index in [-0.39, 0.29) is 6.61 Å². The van der Waals surface area contributed by atoms with E-state index in [9.17, 15) is 4.21 Å². The largest absolute Gasteiger partial charge is 0.394 e. The molecule has 13 heavy (non-hydrogen) atoms. The van der Waals surface area contributed by atoms with Crippen LogP contribution in [0.15, 0.2) is 0 Å². The molecule has 0 aliphatic rings. The SMILES string of the molecule is O=S(O)NCCOCCOCCO. The normalized spacial score (nSPS) is 13.1. The van der Waals surface area contributed by atoms with Crippen molar-refractivity contribution >= 4 is 11.3 Å². The van der Waals surface area contributed by atoms with E-state index in [1.165, 1.54) is 0 Å². The second-order valence-electron chi connectivity index (χ2n) is 2.09. The van der Waals surface area contributed by atoms with Gasteiger partial charge in [-0.3, -0.25) is 4.55 Å². The number of ether oxygens (including phenoxy) is 2. The first-order chi connectivity index (χ1) is 6.27. The van der Waals surface area contributed by atoms with Crippen LogP contribution in [0.25, 0.3) is 0 Å². The van der Waals surface area contributed by atoms with E-state index in [0.29, 0.717) is 33.0 Å². The molecule has 0 rings (SSSR count). The predicted molar refractivity (Wildman–Crippen MR) is 47.5 cm³/mol. The van der Waals surface area contributed by atoms with Crippen molar-refractivity contribution in [3.63, 3.8) is 0 Å². The number of aliphatic hydroxyl groups is 1. The summed E-state index contributed by atoms with van der Waals surface area (Å²) >= 11 is -1.97. The van der Waals surface area contributed by atoms with Gasteiger partial charge in [-0.05, 0) is 0 Å². The Kier molecular flexibility index (Phi) is 10.00. The van der Waals surface area contributed by atoms with Crippen LogP contribution in [-0.2, 0) is 20.7 Å². The van der Waals surface area contributed by atoms with Gasteiger partial charge in [-0.25, -0.2) is 8.93 Å². The maximum atomic E-state index is 10.1. The molecule has 0 fully saturated rings. The van der Waals surface area contributed by atoms with Crippen LogP contribution >= 0.6 is 0 Å². The molecule has 80 valence electrons. The zero-order valence-corrected chi connectivity index (χ0v) is 8.09. The summed E-state index contributed by atoms with van der Waals surface area (Å²) in [4.78, 5) is 0. The molecular formula is C6H15NO5S. The molecule has 0 aromatic rings. The van der Waals surface area contributed by atoms with Crippen molar-refractivity contribution in [1.82, 2.24) is 4.72 Å². The standard InChI is InChI=1S/C6H15NO5S/c8-2-4-12-6-5-11-3-1-7-13(9)10/h7-8H,1-6H2,(H,9,10). The van der Waals surface area contributed by atoms with Gasteiger partial charge in [0.05, 0.1) is 33.0 Å². The molecule has 0 aromatic carbocycles. The van der Waals surface area contributed by atoms with Crippen molar-refractivity contribution in [2.75, 3.05) is 39.6 Å². The zero-order chi connectivity index (χ0) is 9.94. The summed E-state index contributed by atoms with van der Waals surface area (Å²) in [6.07, 6.45) is 0. The zero-order valence-electron chi connectivity index (χ0n) is 7.27. The molecule has 1 atom stereocenters. The third-order valence-corrected chi connectivity index (χ3v) is 1.53. The highest BCUT2D eigenvalue weighted by Gasteiger charge is 1.92. The van der Waals surface area contributed by atoms with E-state index >= 15 is 0 Å². The Labute approximate surface area is 79.6 Å². The lowest BCUT2D eigenvalue weighted by Gasteiger charge is -2.03. The summed E-state index contributed by atoms with van der Waals surface area (Å²) in [5, 5.41) is 8.33. The Morgan fingerprint density at radius 3 is 2.31 bits per heavy atom. The second kappa shape index (κ2) is 10.0. The molecule has 0 spiro atoms. The molecule has 3 N–H and O–H groups in total. The lowest BCUT2D eigenvalue weighted by Crippen LogP contribution is -2.22. The topological polar surface area (TPSA) is 88.0 Å². The lowest BCUT2D eigenvalue weighted by atomic mass is 10.7. The smallest absolute Gasteiger partial charge is 0.231 e. The molecule has 0 bridgehead atoms. The minimum Gasteiger partial charge on any atom is -0.394 e. The molecule has 0 heterocycles. The summed E-state index contributed by atoms with van der Waals surface area (Å²) in [7, 11) is 0. The lowest BCUT2D eigenvalue weighted by molar-refractivity contribution is 0.0348. The number of hydrogen-bond acceptors (Lipinski definition) is 4. The van der Waals surface area contributed by atoms with Gasteiger partial charge in [-0.1, -0.05) is 0 Å². The third-order valence-electron chi connectivity index (χ3n) is 1.08. The first kappa shape index (κ1) is 12.9. The first-order valence-corrected chi connectivity index (χ1v) is 4.98. The van der Waals surface area contributed by atoms with Gasteiger partial charge in [0.15, 0.2) is 0 Å². The van der Waals surface area contributed by atoms with Crippen LogP contribution < -0.4 is 4.72 Å². The van der Waals surface area contributed by atoms with Gasteiger partial charge in [-0.2, -0.15) is 0 Å². The van der Waals surface area contributed by atoms with Gasteiger partial charge in [0.25, 0.3) is 0 Å². The monoisotopic (exact) mass is 213 g/mol. The molecule has 1 unspecified atom stereocenters. The average Bonchev–Trinajstić information content (AvgIpc) is 2.09. The maximum Gasteiger partial charge on any atom is 0.231 e. The molecule has 7 heteroatoms. The summed E-state index contributed by atoms with van der Waals surface area (Å²) in [5.74, 6) is 0. The van der Waals surface area contributed by atoms with E-state index in [0.717, 1.165) is 0 Å². The van der Waals surface area contributed by atoms with Gasteiger partial charge in [0, 0.05) is 6.54 Å². The molecule has 0 amide bonds. The minimum absolute atomic E-state index is 0.00501. The average molecular weight is 213 g/mol. The molecule has 0 saturated heterocycles. The van der Waals surface area contributed by atoms with Crippen molar-refractivity contribution < 1.29 is 23.3 Å². The highest BCUT2D eigenvalue weighted by atomic mass is 32.2. The fourth-order valence-electron chi connectivity index (χ4n) is 0.588. The highest BCUT2D eigenvalue weighted by Crippen LogP contribution is 1.77. The molecule has 0 aliphatic carbocycles. The van der Waals surface area contributed by atoms with Crippen molar-refractivity contribution in [3.05, 3.63) is 0 Å². The van der Waals surface area contributed by atoms with Crippen LogP contribution in [0.5, 0.6) is 0 Å². The van der Waals surface area contributed by atoms with Crippen LogP contribution in [0.4, 0.5) is 0 Å². The van der Waals surface area contributed by atoms with Gasteiger partial charge in [0.2, 0.25) is 11.3 Å². The van der Waals surface area contributed by atoms with Crippen LogP contribution in [0.3, 0.4) is 0 Å². The highest BCUT2D eigenvalue weighted by molar-refractivity contribution is 7.77. The van der Waals surface area contributed by atoms with E-state index in [2.05, 4.69) is 4.72 Å². The van der Waals surface area contributed by atoms with Gasteiger partial charge < -0.3 is 14.6 Å². The molecule has 0 radical (unpaired) electrons. The van der Waals surface area contributed by atoms with Crippen LogP contribution in [0.2, 0.25) is 0 Å². The van der Waals surface area contributed by atoms with Crippen molar-refractivity contribution in [1.29, 1.82) is 0 Å². The molecule has 6 nitrogen and oxygen atoms in total. The Morgan fingerprint density at radius 2 is 1.77 bits per heavy atom. The van der Waals surface area contributed by atoms with Crippen LogP contribution in [0, 0.1) is 0 Å². The first-order valence-electron chi connectivity index (χ1n) is 3.88. The van der Waals surface area contributed by atoms with Crippen molar-refractivity contribution in [2.24, 2.45) is 0 Å².